The molecule has 4 heteroatoms. The highest BCUT2D eigenvalue weighted by Gasteiger charge is 2.21. The van der Waals surface area contributed by atoms with E-state index >= 15 is 0 Å². The van der Waals surface area contributed by atoms with Crippen molar-refractivity contribution in [3.05, 3.63) is 170 Å². The summed E-state index contributed by atoms with van der Waals surface area (Å²) in [6, 6.07) is 60.0. The fraction of sp³-hybridized carbons (Fsp3) is 0. The molecular formula is C42H28N2OS. The maximum absolute atomic E-state index is 6.73. The Balaban J connectivity index is 1.23. The highest BCUT2D eigenvalue weighted by molar-refractivity contribution is 7.25. The summed E-state index contributed by atoms with van der Waals surface area (Å²) >= 11 is 1.84. The number of furan rings is 1. The van der Waals surface area contributed by atoms with Gasteiger partial charge in [0.2, 0.25) is 0 Å². The third kappa shape index (κ3) is 4.42. The molecule has 46 heavy (non-hydrogen) atoms. The Morgan fingerprint density at radius 1 is 0.370 bits per heavy atom. The number of anilines is 6. The van der Waals surface area contributed by atoms with E-state index < -0.39 is 0 Å². The predicted molar refractivity (Wildman–Crippen MR) is 196 cm³/mol. The first-order valence-corrected chi connectivity index (χ1v) is 16.3. The SMILES string of the molecule is c1ccc(N(c2ccccc2)c2ccc3oc4c(N(c5ccccc5)c5ccc6c(c5)sc5ccccc56)cccc4c3c2)cc1. The second kappa shape index (κ2) is 11.0. The number of nitrogens with zero attached hydrogens (tertiary/aromatic N) is 2. The zero-order valence-corrected chi connectivity index (χ0v) is 25.7. The van der Waals surface area contributed by atoms with Crippen molar-refractivity contribution in [2.45, 2.75) is 0 Å². The van der Waals surface area contributed by atoms with Gasteiger partial charge in [-0.15, -0.1) is 11.3 Å². The minimum Gasteiger partial charge on any atom is -0.454 e. The van der Waals surface area contributed by atoms with Crippen molar-refractivity contribution in [1.29, 1.82) is 0 Å². The highest BCUT2D eigenvalue weighted by Crippen LogP contribution is 2.45. The topological polar surface area (TPSA) is 19.6 Å². The van der Waals surface area contributed by atoms with Crippen LogP contribution in [0, 0.1) is 0 Å². The van der Waals surface area contributed by atoms with Crippen molar-refractivity contribution in [2.75, 3.05) is 9.80 Å². The van der Waals surface area contributed by atoms with Gasteiger partial charge in [0.1, 0.15) is 5.58 Å². The Morgan fingerprint density at radius 2 is 0.935 bits per heavy atom. The zero-order valence-electron chi connectivity index (χ0n) is 24.9. The summed E-state index contributed by atoms with van der Waals surface area (Å²) in [6.45, 7) is 0. The van der Waals surface area contributed by atoms with Crippen molar-refractivity contribution in [3.63, 3.8) is 0 Å². The Labute approximate surface area is 270 Å². The van der Waals surface area contributed by atoms with E-state index in [4.69, 9.17) is 4.42 Å². The summed E-state index contributed by atoms with van der Waals surface area (Å²) in [6.07, 6.45) is 0. The van der Waals surface area contributed by atoms with Crippen molar-refractivity contribution < 1.29 is 4.42 Å². The van der Waals surface area contributed by atoms with Crippen LogP contribution in [0.1, 0.15) is 0 Å². The Kier molecular flexibility index (Phi) is 6.32. The lowest BCUT2D eigenvalue weighted by Crippen LogP contribution is -2.10. The molecule has 0 bridgehead atoms. The maximum atomic E-state index is 6.73. The number of para-hydroxylation sites is 4. The van der Waals surface area contributed by atoms with E-state index in [1.807, 2.05) is 11.3 Å². The van der Waals surface area contributed by atoms with Gasteiger partial charge in [0.15, 0.2) is 5.58 Å². The van der Waals surface area contributed by atoms with Crippen LogP contribution < -0.4 is 9.80 Å². The first-order valence-electron chi connectivity index (χ1n) is 15.4. The number of hydrogen-bond donors (Lipinski definition) is 0. The van der Waals surface area contributed by atoms with Crippen molar-refractivity contribution in [2.24, 2.45) is 0 Å². The quantitative estimate of drug-likeness (QED) is 0.187. The van der Waals surface area contributed by atoms with E-state index in [-0.39, 0.29) is 0 Å². The molecule has 7 aromatic carbocycles. The molecule has 9 rings (SSSR count). The summed E-state index contributed by atoms with van der Waals surface area (Å²) in [5.74, 6) is 0. The molecule has 0 aliphatic carbocycles. The molecule has 0 amide bonds. The molecule has 9 aromatic rings. The van der Waals surface area contributed by atoms with Crippen LogP contribution in [-0.4, -0.2) is 0 Å². The van der Waals surface area contributed by atoms with Gasteiger partial charge in [-0.3, -0.25) is 0 Å². The lowest BCUT2D eigenvalue weighted by molar-refractivity contribution is 0.669. The molecular weight excluding hydrogens is 581 g/mol. The van der Waals surface area contributed by atoms with Gasteiger partial charge in [0.05, 0.1) is 5.69 Å². The van der Waals surface area contributed by atoms with Gasteiger partial charge in [-0.2, -0.15) is 0 Å². The number of fused-ring (bicyclic) bond motifs is 6. The van der Waals surface area contributed by atoms with Crippen molar-refractivity contribution >= 4 is 87.6 Å². The smallest absolute Gasteiger partial charge is 0.159 e. The molecule has 0 atom stereocenters. The summed E-state index contributed by atoms with van der Waals surface area (Å²) in [5, 5.41) is 4.75. The summed E-state index contributed by atoms with van der Waals surface area (Å²) in [4.78, 5) is 4.61. The molecule has 0 aliphatic rings. The molecule has 0 saturated heterocycles. The Bertz CT molecular complexity index is 2440. The van der Waals surface area contributed by atoms with Gasteiger partial charge in [-0.25, -0.2) is 0 Å². The van der Waals surface area contributed by atoms with Gasteiger partial charge in [-0.1, -0.05) is 91.0 Å². The molecule has 2 aromatic heterocycles. The Hall–Kier alpha value is -5.84. The first kappa shape index (κ1) is 26.6. The molecule has 3 nitrogen and oxygen atoms in total. The van der Waals surface area contributed by atoms with Crippen LogP contribution in [0.4, 0.5) is 34.1 Å². The Morgan fingerprint density at radius 3 is 1.65 bits per heavy atom. The third-order valence-corrected chi connectivity index (χ3v) is 9.76. The second-order valence-corrected chi connectivity index (χ2v) is 12.5. The molecule has 218 valence electrons. The molecule has 2 heterocycles. The average molecular weight is 609 g/mol. The normalized spacial score (nSPS) is 11.5. The fourth-order valence-electron chi connectivity index (χ4n) is 6.55. The summed E-state index contributed by atoms with van der Waals surface area (Å²) in [5.41, 5.74) is 8.19. The zero-order chi connectivity index (χ0) is 30.5. The van der Waals surface area contributed by atoms with Crippen molar-refractivity contribution in [3.8, 4) is 0 Å². The maximum Gasteiger partial charge on any atom is 0.159 e. The first-order chi connectivity index (χ1) is 22.8. The molecule has 0 radical (unpaired) electrons. The van der Waals surface area contributed by atoms with E-state index in [9.17, 15) is 0 Å². The van der Waals surface area contributed by atoms with Gasteiger partial charge < -0.3 is 14.2 Å². The molecule has 0 aliphatic heterocycles. The fourth-order valence-corrected chi connectivity index (χ4v) is 7.69. The van der Waals surface area contributed by atoms with Crippen LogP contribution in [0.15, 0.2) is 174 Å². The van der Waals surface area contributed by atoms with Gasteiger partial charge in [0.25, 0.3) is 0 Å². The van der Waals surface area contributed by atoms with E-state index in [0.717, 1.165) is 56.1 Å². The second-order valence-electron chi connectivity index (χ2n) is 11.4. The van der Waals surface area contributed by atoms with Gasteiger partial charge in [-0.05, 0) is 78.9 Å². The predicted octanol–water partition coefficient (Wildman–Crippen LogP) is 12.9. The number of rotatable bonds is 6. The largest absolute Gasteiger partial charge is 0.454 e. The molecule has 0 unspecified atom stereocenters. The summed E-state index contributed by atoms with van der Waals surface area (Å²) in [7, 11) is 0. The van der Waals surface area contributed by atoms with Crippen molar-refractivity contribution in [1.82, 2.24) is 0 Å². The minimum absolute atomic E-state index is 0.861. The lowest BCUT2D eigenvalue weighted by atomic mass is 10.1. The van der Waals surface area contributed by atoms with Gasteiger partial charge in [0, 0.05) is 59.4 Å². The van der Waals surface area contributed by atoms with E-state index in [0.29, 0.717) is 0 Å². The molecule has 0 saturated carbocycles. The van der Waals surface area contributed by atoms with Crippen LogP contribution >= 0.6 is 11.3 Å². The molecule has 0 spiro atoms. The molecule has 0 fully saturated rings. The van der Waals surface area contributed by atoms with Crippen LogP contribution in [0.25, 0.3) is 42.1 Å². The van der Waals surface area contributed by atoms with Gasteiger partial charge >= 0.3 is 0 Å². The van der Waals surface area contributed by atoms with Crippen LogP contribution in [0.2, 0.25) is 0 Å². The monoisotopic (exact) mass is 608 g/mol. The lowest BCUT2D eigenvalue weighted by Gasteiger charge is -2.25. The third-order valence-electron chi connectivity index (χ3n) is 8.62. The average Bonchev–Trinajstić information content (AvgIpc) is 3.68. The van der Waals surface area contributed by atoms with E-state index in [2.05, 4.69) is 180 Å². The van der Waals surface area contributed by atoms with Crippen LogP contribution in [0.3, 0.4) is 0 Å². The van der Waals surface area contributed by atoms with Crippen LogP contribution in [-0.2, 0) is 0 Å². The summed E-state index contributed by atoms with van der Waals surface area (Å²) < 4.78 is 9.30. The van der Waals surface area contributed by atoms with E-state index in [1.54, 1.807) is 0 Å². The van der Waals surface area contributed by atoms with Crippen LogP contribution in [0.5, 0.6) is 0 Å². The standard InChI is InChI=1S/C42H28N2OS/c1-4-13-29(14-5-1)43(30-15-6-2-7-16-30)32-24-26-39-37(27-32)36-20-12-21-38(42(36)45-39)44(31-17-8-3-9-18-31)33-23-25-35-34-19-10-11-22-40(34)46-41(35)28-33/h1-28H. The number of benzene rings is 7. The van der Waals surface area contributed by atoms with E-state index in [1.165, 1.54) is 20.2 Å². The number of thiophene rings is 1. The number of hydrogen-bond acceptors (Lipinski definition) is 4. The molecule has 0 N–H and O–H groups in total. The minimum atomic E-state index is 0.861. The highest BCUT2D eigenvalue weighted by atomic mass is 32.1.